The molecular weight excluding hydrogens is 414 g/mol. The van der Waals surface area contributed by atoms with Gasteiger partial charge in [-0.25, -0.2) is 0 Å². The summed E-state index contributed by atoms with van der Waals surface area (Å²) in [6, 6.07) is 26.7. The van der Waals surface area contributed by atoms with Gasteiger partial charge in [0.2, 0.25) is 0 Å². The summed E-state index contributed by atoms with van der Waals surface area (Å²) in [5.74, 6) is 0. The molecule has 0 amide bonds. The van der Waals surface area contributed by atoms with Crippen LogP contribution in [0.2, 0.25) is 0 Å². The van der Waals surface area contributed by atoms with Gasteiger partial charge in [0, 0.05) is 41.2 Å². The van der Waals surface area contributed by atoms with Crippen molar-refractivity contribution in [2.45, 2.75) is 20.3 Å². The third-order valence-corrected chi connectivity index (χ3v) is 7.47. The molecule has 4 aromatic carbocycles. The quantitative estimate of drug-likeness (QED) is 0.249. The van der Waals surface area contributed by atoms with E-state index in [2.05, 4.69) is 102 Å². The first kappa shape index (κ1) is 19.2. The average Bonchev–Trinajstić information content (AvgIpc) is 3.52. The molecule has 0 saturated carbocycles. The molecule has 0 fully saturated rings. The molecule has 3 heteroatoms. The number of benzene rings is 4. The predicted octanol–water partition coefficient (Wildman–Crippen LogP) is 8.25. The molecule has 6 aromatic rings. The van der Waals surface area contributed by atoms with Gasteiger partial charge in [0.1, 0.15) is 0 Å². The molecule has 0 saturated heterocycles. The number of H-pyrrole nitrogens is 2. The summed E-state index contributed by atoms with van der Waals surface area (Å²) >= 11 is 0. The number of fused-ring (bicyclic) bond motifs is 4. The highest BCUT2D eigenvalue weighted by Crippen LogP contribution is 2.43. The number of aromatic nitrogens is 2. The zero-order valence-corrected chi connectivity index (χ0v) is 19.3. The first-order valence-electron chi connectivity index (χ1n) is 11.8. The average molecular weight is 440 g/mol. The molecule has 0 unspecified atom stereocenters. The summed E-state index contributed by atoms with van der Waals surface area (Å²) in [4.78, 5) is 6.69. The Bertz CT molecular complexity index is 1600. The van der Waals surface area contributed by atoms with Gasteiger partial charge in [-0.05, 0) is 93.4 Å². The third-order valence-electron chi connectivity index (χ3n) is 7.47. The highest BCUT2D eigenvalue weighted by molar-refractivity contribution is 5.91. The lowest BCUT2D eigenvalue weighted by Gasteiger charge is -2.27. The fourth-order valence-electron chi connectivity index (χ4n) is 5.56. The molecule has 2 aromatic heterocycles. The first-order chi connectivity index (χ1) is 16.7. The highest BCUT2D eigenvalue weighted by Gasteiger charge is 2.21. The van der Waals surface area contributed by atoms with E-state index in [4.69, 9.17) is 0 Å². The van der Waals surface area contributed by atoms with E-state index < -0.39 is 0 Å². The van der Waals surface area contributed by atoms with Crippen molar-refractivity contribution >= 4 is 33.2 Å². The lowest BCUT2D eigenvalue weighted by atomic mass is 9.87. The number of hydrogen-bond donors (Lipinski definition) is 3. The lowest BCUT2D eigenvalue weighted by molar-refractivity contribution is 1.13. The Morgan fingerprint density at radius 1 is 0.559 bits per heavy atom. The maximum Gasteiger partial charge on any atom is 0.0460 e. The van der Waals surface area contributed by atoms with E-state index in [0.717, 1.165) is 6.42 Å². The standard InChI is InChI=1S/C31H25N3/c1-18-26(22-5-3-20-11-13-32-28(20)16-22)9-7-24-15-25-8-10-27(19(2)31(25)34-30(18)24)23-6-4-21-12-14-33-29(21)17-23/h3-14,16-17,32-34H,15H2,1-2H3. The summed E-state index contributed by atoms with van der Waals surface area (Å²) in [5, 5.41) is 6.33. The Labute approximate surface area is 198 Å². The molecule has 0 radical (unpaired) electrons. The van der Waals surface area contributed by atoms with Gasteiger partial charge in [0.05, 0.1) is 0 Å². The highest BCUT2D eigenvalue weighted by atomic mass is 14.9. The molecule has 7 rings (SSSR count). The fourth-order valence-corrected chi connectivity index (χ4v) is 5.56. The van der Waals surface area contributed by atoms with Crippen molar-refractivity contribution in [3.05, 3.63) is 107 Å². The van der Waals surface area contributed by atoms with Crippen LogP contribution in [0.1, 0.15) is 22.3 Å². The molecular formula is C31H25N3. The first-order valence-corrected chi connectivity index (χ1v) is 11.8. The number of aromatic amines is 2. The molecule has 3 N–H and O–H groups in total. The van der Waals surface area contributed by atoms with Gasteiger partial charge in [-0.15, -0.1) is 0 Å². The van der Waals surface area contributed by atoms with Crippen LogP contribution in [-0.2, 0) is 6.42 Å². The molecule has 34 heavy (non-hydrogen) atoms. The Balaban J connectivity index is 1.32. The zero-order chi connectivity index (χ0) is 22.8. The number of anilines is 2. The number of nitrogens with one attached hydrogen (secondary N) is 3. The zero-order valence-electron chi connectivity index (χ0n) is 19.3. The molecule has 0 atom stereocenters. The van der Waals surface area contributed by atoms with Gasteiger partial charge >= 0.3 is 0 Å². The molecule has 3 nitrogen and oxygen atoms in total. The Kier molecular flexibility index (Phi) is 4.04. The van der Waals surface area contributed by atoms with Crippen LogP contribution in [0.4, 0.5) is 11.4 Å². The van der Waals surface area contributed by atoms with Crippen LogP contribution in [0.25, 0.3) is 44.1 Å². The molecule has 0 aliphatic carbocycles. The van der Waals surface area contributed by atoms with Gasteiger partial charge in [0.15, 0.2) is 0 Å². The van der Waals surface area contributed by atoms with E-state index >= 15 is 0 Å². The minimum absolute atomic E-state index is 0.950. The number of rotatable bonds is 2. The maximum absolute atomic E-state index is 3.85. The van der Waals surface area contributed by atoms with Gasteiger partial charge in [-0.1, -0.05) is 48.5 Å². The summed E-state index contributed by atoms with van der Waals surface area (Å²) in [6.45, 7) is 4.48. The Hall–Kier alpha value is -4.24. The van der Waals surface area contributed by atoms with Crippen LogP contribution in [0.3, 0.4) is 0 Å². The van der Waals surface area contributed by atoms with Crippen LogP contribution in [-0.4, -0.2) is 9.97 Å². The van der Waals surface area contributed by atoms with Crippen molar-refractivity contribution in [2.75, 3.05) is 5.32 Å². The lowest BCUT2D eigenvalue weighted by Crippen LogP contribution is -2.11. The maximum atomic E-state index is 3.85. The Morgan fingerprint density at radius 2 is 1.06 bits per heavy atom. The van der Waals surface area contributed by atoms with Crippen molar-refractivity contribution in [3.63, 3.8) is 0 Å². The van der Waals surface area contributed by atoms with Gasteiger partial charge in [-0.2, -0.15) is 0 Å². The summed E-state index contributed by atoms with van der Waals surface area (Å²) in [6.07, 6.45) is 4.95. The largest absolute Gasteiger partial charge is 0.361 e. The van der Waals surface area contributed by atoms with Crippen LogP contribution >= 0.6 is 0 Å². The van der Waals surface area contributed by atoms with Crippen molar-refractivity contribution in [2.24, 2.45) is 0 Å². The minimum atomic E-state index is 0.950. The smallest absolute Gasteiger partial charge is 0.0460 e. The summed E-state index contributed by atoms with van der Waals surface area (Å²) in [5.41, 5.74) is 15.2. The molecule has 0 bridgehead atoms. The fraction of sp³-hybridized carbons (Fsp3) is 0.0968. The molecule has 3 heterocycles. The van der Waals surface area contributed by atoms with Crippen LogP contribution < -0.4 is 5.32 Å². The summed E-state index contributed by atoms with van der Waals surface area (Å²) < 4.78 is 0. The van der Waals surface area contributed by atoms with Crippen molar-refractivity contribution in [1.29, 1.82) is 0 Å². The second kappa shape index (κ2) is 7.13. The summed E-state index contributed by atoms with van der Waals surface area (Å²) in [7, 11) is 0. The van der Waals surface area contributed by atoms with E-state index in [1.807, 2.05) is 12.4 Å². The van der Waals surface area contributed by atoms with Crippen molar-refractivity contribution < 1.29 is 0 Å². The normalized spacial score (nSPS) is 12.5. The monoisotopic (exact) mass is 439 g/mol. The van der Waals surface area contributed by atoms with E-state index in [1.54, 1.807) is 0 Å². The van der Waals surface area contributed by atoms with Crippen LogP contribution in [0.15, 0.2) is 85.2 Å². The van der Waals surface area contributed by atoms with Crippen molar-refractivity contribution in [1.82, 2.24) is 9.97 Å². The molecule has 0 spiro atoms. The van der Waals surface area contributed by atoms with Gasteiger partial charge in [-0.3, -0.25) is 0 Å². The topological polar surface area (TPSA) is 43.6 Å². The van der Waals surface area contributed by atoms with E-state index in [0.29, 0.717) is 0 Å². The van der Waals surface area contributed by atoms with E-state index in [-0.39, 0.29) is 0 Å². The Morgan fingerprint density at radius 3 is 1.56 bits per heavy atom. The van der Waals surface area contributed by atoms with Crippen molar-refractivity contribution in [3.8, 4) is 22.3 Å². The van der Waals surface area contributed by atoms with Crippen LogP contribution in [0, 0.1) is 13.8 Å². The van der Waals surface area contributed by atoms with E-state index in [9.17, 15) is 0 Å². The minimum Gasteiger partial charge on any atom is -0.361 e. The second-order valence-electron chi connectivity index (χ2n) is 9.41. The number of hydrogen-bond acceptors (Lipinski definition) is 1. The second-order valence-corrected chi connectivity index (χ2v) is 9.41. The van der Waals surface area contributed by atoms with Crippen LogP contribution in [0.5, 0.6) is 0 Å². The predicted molar refractivity (Wildman–Crippen MR) is 143 cm³/mol. The van der Waals surface area contributed by atoms with Gasteiger partial charge < -0.3 is 15.3 Å². The molecule has 164 valence electrons. The molecule has 1 aliphatic heterocycles. The third kappa shape index (κ3) is 2.83. The molecule has 1 aliphatic rings. The van der Waals surface area contributed by atoms with E-state index in [1.165, 1.54) is 77.7 Å². The SMILES string of the molecule is Cc1c(-c2ccc3cc[nH]c3c2)ccc2c1Nc1c(ccc(-c3ccc4cc[nH]c4c3)c1C)C2. The van der Waals surface area contributed by atoms with Gasteiger partial charge in [0.25, 0.3) is 0 Å².